The maximum absolute atomic E-state index is 2.58. The van der Waals surface area contributed by atoms with E-state index < -0.39 is 0 Å². The second-order valence-corrected chi connectivity index (χ2v) is 5.20. The predicted molar refractivity (Wildman–Crippen MR) is 65.7 cm³/mol. The second-order valence-electron chi connectivity index (χ2n) is 4.24. The van der Waals surface area contributed by atoms with Gasteiger partial charge in [-0.15, -0.1) is 0 Å². The molecular weight excluding hydrogens is 186 g/mol. The quantitative estimate of drug-likeness (QED) is 0.668. The van der Waals surface area contributed by atoms with E-state index in [-0.39, 0.29) is 0 Å². The van der Waals surface area contributed by atoms with Gasteiger partial charge in [0, 0.05) is 11.7 Å². The van der Waals surface area contributed by atoms with Gasteiger partial charge in [0.05, 0.1) is 0 Å². The van der Waals surface area contributed by atoms with Gasteiger partial charge in [-0.2, -0.15) is 0 Å². The monoisotopic (exact) mass is 205 g/mol. The number of para-hydroxylation sites is 1. The minimum atomic E-state index is 0.831. The first kappa shape index (κ1) is 9.78. The summed E-state index contributed by atoms with van der Waals surface area (Å²) in [7, 11) is 1.15. The van der Waals surface area contributed by atoms with Crippen LogP contribution in [0.5, 0.6) is 0 Å². The van der Waals surface area contributed by atoms with Gasteiger partial charge in [-0.05, 0) is 25.0 Å². The van der Waals surface area contributed by atoms with E-state index in [1.165, 1.54) is 37.8 Å². The molecule has 1 aliphatic rings. The predicted octanol–water partition coefficient (Wildman–Crippen LogP) is 2.11. The van der Waals surface area contributed by atoms with Crippen molar-refractivity contribution < 1.29 is 0 Å². The summed E-state index contributed by atoms with van der Waals surface area (Å²) in [6.45, 7) is 0. The number of benzene rings is 1. The topological polar surface area (TPSA) is 3.24 Å². The zero-order valence-electron chi connectivity index (χ0n) is 8.95. The summed E-state index contributed by atoms with van der Waals surface area (Å²) in [4.78, 5) is 0. The van der Waals surface area contributed by atoms with Gasteiger partial charge >= 0.3 is 0 Å². The molecule has 1 aromatic rings. The third-order valence-corrected chi connectivity index (χ3v) is 4.53. The average molecular weight is 205 g/mol. The molecule has 0 bridgehead atoms. The SMILES string of the molecule is [SiH3]N(c1ccccc1)C1CCCCC1. The molecule has 14 heavy (non-hydrogen) atoms. The molecule has 1 nitrogen and oxygen atoms in total. The minimum absolute atomic E-state index is 0.831. The highest BCUT2D eigenvalue weighted by Gasteiger charge is 2.17. The molecule has 0 heterocycles. The van der Waals surface area contributed by atoms with Crippen LogP contribution in [0.25, 0.3) is 0 Å². The molecule has 76 valence electrons. The van der Waals surface area contributed by atoms with Crippen LogP contribution in [-0.4, -0.2) is 16.4 Å². The number of rotatable bonds is 2. The van der Waals surface area contributed by atoms with Crippen molar-refractivity contribution in [2.75, 3.05) is 4.57 Å². The fourth-order valence-electron chi connectivity index (χ4n) is 2.34. The van der Waals surface area contributed by atoms with E-state index in [2.05, 4.69) is 34.9 Å². The van der Waals surface area contributed by atoms with Gasteiger partial charge < -0.3 is 4.57 Å². The Morgan fingerprint density at radius 2 is 1.64 bits per heavy atom. The van der Waals surface area contributed by atoms with Crippen LogP contribution in [0.1, 0.15) is 32.1 Å². The van der Waals surface area contributed by atoms with Crippen LogP contribution in [0.15, 0.2) is 30.3 Å². The number of anilines is 1. The van der Waals surface area contributed by atoms with E-state index in [9.17, 15) is 0 Å². The summed E-state index contributed by atoms with van der Waals surface area (Å²) in [6.07, 6.45) is 7.10. The van der Waals surface area contributed by atoms with Crippen molar-refractivity contribution in [3.05, 3.63) is 30.3 Å². The van der Waals surface area contributed by atoms with Gasteiger partial charge in [-0.25, -0.2) is 0 Å². The Balaban J connectivity index is 2.03. The zero-order valence-corrected chi connectivity index (χ0v) is 10.9. The molecule has 0 aromatic heterocycles. The standard InChI is InChI=1S/C12H19NSi/c14-13(11-7-3-1-4-8-11)12-9-5-2-6-10-12/h1,3-4,7-8,12H,2,5-6,9-10H2,14H3. The van der Waals surface area contributed by atoms with Crippen LogP contribution < -0.4 is 4.57 Å². The Hall–Kier alpha value is -0.763. The molecule has 0 amide bonds. The van der Waals surface area contributed by atoms with E-state index in [1.807, 2.05) is 0 Å². The molecule has 1 fully saturated rings. The van der Waals surface area contributed by atoms with E-state index >= 15 is 0 Å². The second kappa shape index (κ2) is 4.65. The Bertz CT molecular complexity index is 267. The third-order valence-electron chi connectivity index (χ3n) is 3.29. The normalized spacial score (nSPS) is 18.3. The Morgan fingerprint density at radius 3 is 2.29 bits per heavy atom. The molecule has 1 aromatic carbocycles. The third kappa shape index (κ3) is 2.18. The highest BCUT2D eigenvalue weighted by atomic mass is 28.2. The molecule has 0 atom stereocenters. The van der Waals surface area contributed by atoms with Crippen molar-refractivity contribution >= 4 is 16.1 Å². The first-order chi connectivity index (χ1) is 6.88. The fraction of sp³-hybridized carbons (Fsp3) is 0.500. The van der Waals surface area contributed by atoms with E-state index in [4.69, 9.17) is 0 Å². The molecule has 0 unspecified atom stereocenters. The van der Waals surface area contributed by atoms with Crippen molar-refractivity contribution in [1.82, 2.24) is 0 Å². The van der Waals surface area contributed by atoms with Gasteiger partial charge in [-0.1, -0.05) is 37.5 Å². The smallest absolute Gasteiger partial charge is 0.108 e. The van der Waals surface area contributed by atoms with Crippen LogP contribution in [0.4, 0.5) is 5.69 Å². The minimum Gasteiger partial charge on any atom is -0.404 e. The van der Waals surface area contributed by atoms with Crippen molar-refractivity contribution in [1.29, 1.82) is 0 Å². The van der Waals surface area contributed by atoms with Gasteiger partial charge in [0.25, 0.3) is 0 Å². The van der Waals surface area contributed by atoms with Crippen molar-refractivity contribution in [2.45, 2.75) is 38.1 Å². The number of hydrogen-bond donors (Lipinski definition) is 0. The maximum Gasteiger partial charge on any atom is 0.108 e. The van der Waals surface area contributed by atoms with E-state index in [0.29, 0.717) is 0 Å². The van der Waals surface area contributed by atoms with Crippen molar-refractivity contribution in [3.8, 4) is 0 Å². The lowest BCUT2D eigenvalue weighted by atomic mass is 9.95. The van der Waals surface area contributed by atoms with Crippen LogP contribution in [0.3, 0.4) is 0 Å². The lowest BCUT2D eigenvalue weighted by molar-refractivity contribution is 0.444. The lowest BCUT2D eigenvalue weighted by Crippen LogP contribution is -2.34. The molecule has 2 rings (SSSR count). The first-order valence-electron chi connectivity index (χ1n) is 5.66. The molecule has 1 aliphatic carbocycles. The van der Waals surface area contributed by atoms with Crippen LogP contribution in [-0.2, 0) is 0 Å². The summed E-state index contributed by atoms with van der Waals surface area (Å²) in [5.74, 6) is 0. The first-order valence-corrected chi connectivity index (χ1v) is 6.55. The highest BCUT2D eigenvalue weighted by molar-refractivity contribution is 6.18. The molecule has 1 saturated carbocycles. The Kier molecular flexibility index (Phi) is 3.25. The van der Waals surface area contributed by atoms with Crippen LogP contribution in [0, 0.1) is 0 Å². The number of hydrogen-bond acceptors (Lipinski definition) is 1. The Labute approximate surface area is 89.6 Å². The largest absolute Gasteiger partial charge is 0.404 e. The van der Waals surface area contributed by atoms with Gasteiger partial charge in [0.2, 0.25) is 0 Å². The average Bonchev–Trinajstić information content (AvgIpc) is 2.30. The van der Waals surface area contributed by atoms with E-state index in [1.54, 1.807) is 0 Å². The van der Waals surface area contributed by atoms with Gasteiger partial charge in [-0.3, -0.25) is 0 Å². The van der Waals surface area contributed by atoms with Crippen molar-refractivity contribution in [2.24, 2.45) is 0 Å². The maximum atomic E-state index is 2.58. The summed E-state index contributed by atoms with van der Waals surface area (Å²) < 4.78 is 2.58. The van der Waals surface area contributed by atoms with E-state index in [0.717, 1.165) is 16.4 Å². The van der Waals surface area contributed by atoms with Crippen LogP contribution >= 0.6 is 0 Å². The molecule has 0 aliphatic heterocycles. The zero-order chi connectivity index (χ0) is 9.80. The van der Waals surface area contributed by atoms with Gasteiger partial charge in [0.15, 0.2) is 0 Å². The Morgan fingerprint density at radius 1 is 1.00 bits per heavy atom. The molecular formula is C12H19NSi. The molecule has 0 radical (unpaired) electrons. The summed E-state index contributed by atoms with van der Waals surface area (Å²) in [5, 5.41) is 0. The summed E-state index contributed by atoms with van der Waals surface area (Å²) in [6, 6.07) is 11.7. The molecule has 0 saturated heterocycles. The van der Waals surface area contributed by atoms with Crippen LogP contribution in [0.2, 0.25) is 0 Å². The molecule has 2 heteroatoms. The summed E-state index contributed by atoms with van der Waals surface area (Å²) in [5.41, 5.74) is 1.42. The highest BCUT2D eigenvalue weighted by Crippen LogP contribution is 2.25. The lowest BCUT2D eigenvalue weighted by Gasteiger charge is -2.33. The molecule has 0 N–H and O–H groups in total. The van der Waals surface area contributed by atoms with Crippen molar-refractivity contribution in [3.63, 3.8) is 0 Å². The summed E-state index contributed by atoms with van der Waals surface area (Å²) >= 11 is 0. The number of nitrogens with zero attached hydrogens (tertiary/aromatic N) is 1. The van der Waals surface area contributed by atoms with Gasteiger partial charge in [0.1, 0.15) is 10.4 Å². The fourth-order valence-corrected chi connectivity index (χ4v) is 3.16. The molecule has 0 spiro atoms.